The summed E-state index contributed by atoms with van der Waals surface area (Å²) in [5.41, 5.74) is 21.4. The van der Waals surface area contributed by atoms with E-state index in [0.717, 1.165) is 25.7 Å². The first kappa shape index (κ1) is 18.2. The van der Waals surface area contributed by atoms with Crippen LogP contribution in [0.15, 0.2) is 85.2 Å². The Morgan fingerprint density at radius 1 is 0.543 bits per heavy atom. The van der Waals surface area contributed by atoms with Crippen molar-refractivity contribution >= 4 is 17.1 Å². The van der Waals surface area contributed by atoms with Crippen molar-refractivity contribution < 1.29 is 0 Å². The van der Waals surface area contributed by atoms with Crippen LogP contribution < -0.4 is 4.90 Å². The van der Waals surface area contributed by atoms with Gasteiger partial charge in [0, 0.05) is 24.6 Å². The lowest BCUT2D eigenvalue weighted by Gasteiger charge is -2.41. The van der Waals surface area contributed by atoms with Crippen molar-refractivity contribution in [2.24, 2.45) is 0 Å². The first-order valence-corrected chi connectivity index (χ1v) is 12.6. The summed E-state index contributed by atoms with van der Waals surface area (Å²) in [6.45, 7) is 0. The highest BCUT2D eigenvalue weighted by atomic mass is 15.2. The molecule has 0 saturated heterocycles. The molecule has 35 heavy (non-hydrogen) atoms. The van der Waals surface area contributed by atoms with E-state index in [-0.39, 0.29) is 0 Å². The molecule has 0 atom stereocenters. The molecule has 2 nitrogen and oxygen atoms in total. The lowest BCUT2D eigenvalue weighted by atomic mass is 9.81. The van der Waals surface area contributed by atoms with E-state index in [1.54, 1.807) is 0 Å². The fourth-order valence-electron chi connectivity index (χ4n) is 7.16. The van der Waals surface area contributed by atoms with Crippen molar-refractivity contribution in [1.82, 2.24) is 4.98 Å². The number of nitrogens with zero attached hydrogens (tertiary/aromatic N) is 2. The van der Waals surface area contributed by atoms with Gasteiger partial charge in [-0.1, -0.05) is 60.7 Å². The minimum atomic E-state index is 0.965. The lowest BCUT2D eigenvalue weighted by Crippen LogP contribution is -2.26. The lowest BCUT2D eigenvalue weighted by molar-refractivity contribution is 0.986. The van der Waals surface area contributed by atoms with Crippen LogP contribution >= 0.6 is 0 Å². The maximum Gasteiger partial charge on any atom is 0.0680 e. The number of hydrogen-bond donors (Lipinski definition) is 0. The van der Waals surface area contributed by atoms with Gasteiger partial charge in [-0.2, -0.15) is 0 Å². The van der Waals surface area contributed by atoms with E-state index >= 15 is 0 Å². The molecule has 0 spiro atoms. The average molecular weight is 447 g/mol. The van der Waals surface area contributed by atoms with Crippen molar-refractivity contribution in [3.63, 3.8) is 0 Å². The van der Waals surface area contributed by atoms with Crippen LogP contribution in [-0.4, -0.2) is 4.98 Å². The van der Waals surface area contributed by atoms with Gasteiger partial charge >= 0.3 is 0 Å². The summed E-state index contributed by atoms with van der Waals surface area (Å²) < 4.78 is 0. The van der Waals surface area contributed by atoms with Gasteiger partial charge in [-0.25, -0.2) is 0 Å². The highest BCUT2D eigenvalue weighted by molar-refractivity contribution is 6.00. The fraction of sp³-hybridized carbons (Fsp3) is 0.121. The number of anilines is 3. The van der Waals surface area contributed by atoms with E-state index in [4.69, 9.17) is 0 Å². The number of benzene rings is 4. The van der Waals surface area contributed by atoms with Gasteiger partial charge in [0.15, 0.2) is 0 Å². The zero-order valence-electron chi connectivity index (χ0n) is 19.3. The summed E-state index contributed by atoms with van der Waals surface area (Å²) >= 11 is 0. The van der Waals surface area contributed by atoms with Gasteiger partial charge in [0.05, 0.1) is 23.3 Å². The number of aromatic nitrogens is 1. The molecule has 2 heteroatoms. The number of hydrogen-bond acceptors (Lipinski definition) is 2. The van der Waals surface area contributed by atoms with Crippen LogP contribution in [0.2, 0.25) is 0 Å². The third-order valence-corrected chi connectivity index (χ3v) is 8.61. The second kappa shape index (κ2) is 6.28. The van der Waals surface area contributed by atoms with Crippen LogP contribution in [0.5, 0.6) is 0 Å². The van der Waals surface area contributed by atoms with E-state index in [9.17, 15) is 0 Å². The molecule has 0 fully saturated rings. The Kier molecular flexibility index (Phi) is 3.27. The third-order valence-electron chi connectivity index (χ3n) is 8.61. The molecular weight excluding hydrogens is 424 g/mol. The van der Waals surface area contributed by atoms with E-state index in [2.05, 4.69) is 88.9 Å². The molecule has 0 radical (unpaired) electrons. The quantitative estimate of drug-likeness (QED) is 0.240. The van der Waals surface area contributed by atoms with Gasteiger partial charge in [-0.15, -0.1) is 0 Å². The molecule has 0 saturated carbocycles. The summed E-state index contributed by atoms with van der Waals surface area (Å²) in [7, 11) is 0. The Bertz CT molecular complexity index is 1760. The topological polar surface area (TPSA) is 16.1 Å². The maximum absolute atomic E-state index is 4.60. The van der Waals surface area contributed by atoms with Gasteiger partial charge in [-0.3, -0.25) is 4.98 Å². The number of pyridine rings is 1. The van der Waals surface area contributed by atoms with Crippen molar-refractivity contribution in [1.29, 1.82) is 0 Å². The molecule has 0 N–H and O–H groups in total. The largest absolute Gasteiger partial charge is 0.307 e. The normalized spacial score (nSPS) is 14.9. The Morgan fingerprint density at radius 2 is 1.29 bits per heavy atom. The van der Waals surface area contributed by atoms with Gasteiger partial charge in [0.2, 0.25) is 0 Å². The predicted octanol–water partition coefficient (Wildman–Crippen LogP) is 7.50. The van der Waals surface area contributed by atoms with E-state index in [1.807, 2.05) is 6.20 Å². The molecule has 9 rings (SSSR count). The molecule has 1 aromatic heterocycles. The van der Waals surface area contributed by atoms with Crippen LogP contribution in [0.4, 0.5) is 17.1 Å². The van der Waals surface area contributed by atoms with E-state index in [1.165, 1.54) is 83.8 Å². The molecule has 4 aliphatic rings. The van der Waals surface area contributed by atoms with Crippen LogP contribution in [0, 0.1) is 0 Å². The van der Waals surface area contributed by atoms with Gasteiger partial charge in [0.25, 0.3) is 0 Å². The molecular formula is C33H22N2. The summed E-state index contributed by atoms with van der Waals surface area (Å²) in [5.74, 6) is 0. The highest BCUT2D eigenvalue weighted by Crippen LogP contribution is 2.58. The second-order valence-corrected chi connectivity index (χ2v) is 10.4. The van der Waals surface area contributed by atoms with Crippen LogP contribution in [-0.2, 0) is 25.7 Å². The minimum absolute atomic E-state index is 0.965. The molecule has 0 bridgehead atoms. The Hall–Kier alpha value is -4.17. The van der Waals surface area contributed by atoms with Crippen molar-refractivity contribution in [2.45, 2.75) is 25.7 Å². The second-order valence-electron chi connectivity index (χ2n) is 10.4. The molecule has 0 amide bonds. The fourth-order valence-corrected chi connectivity index (χ4v) is 7.16. The predicted molar refractivity (Wildman–Crippen MR) is 141 cm³/mol. The van der Waals surface area contributed by atoms with Crippen molar-refractivity contribution in [3.8, 4) is 22.3 Å². The number of fused-ring (bicyclic) bond motifs is 12. The van der Waals surface area contributed by atoms with E-state index in [0.29, 0.717) is 0 Å². The van der Waals surface area contributed by atoms with Gasteiger partial charge in [-0.05, 0) is 86.2 Å². The smallest absolute Gasteiger partial charge is 0.0680 e. The summed E-state index contributed by atoms with van der Waals surface area (Å²) in [6.07, 6.45) is 8.04. The molecule has 164 valence electrons. The van der Waals surface area contributed by atoms with E-state index < -0.39 is 0 Å². The standard InChI is InChI=1S/C33H22N2/c1-3-7-25-20(6-1)15-28-27(25)17-24-14-21-11-12-34-18-30(21)35-32(24)29(28)16-23-10-9-22-13-19-5-2-4-8-26(19)31(22)33(23)35/h1-12,17-18H,13-16H2. The zero-order valence-corrected chi connectivity index (χ0v) is 19.3. The van der Waals surface area contributed by atoms with Crippen molar-refractivity contribution in [3.05, 3.63) is 130 Å². The summed E-state index contributed by atoms with van der Waals surface area (Å²) in [4.78, 5) is 7.18. The molecule has 0 unspecified atom stereocenters. The van der Waals surface area contributed by atoms with Crippen LogP contribution in [0.25, 0.3) is 22.3 Å². The Balaban J connectivity index is 1.38. The highest BCUT2D eigenvalue weighted by Gasteiger charge is 2.38. The Morgan fingerprint density at radius 3 is 2.20 bits per heavy atom. The maximum atomic E-state index is 4.60. The Labute approximate surface area is 204 Å². The summed E-state index contributed by atoms with van der Waals surface area (Å²) in [5, 5.41) is 0. The van der Waals surface area contributed by atoms with Crippen molar-refractivity contribution in [2.75, 3.05) is 4.90 Å². The first-order valence-electron chi connectivity index (χ1n) is 12.6. The average Bonchev–Trinajstić information content (AvgIpc) is 3.47. The SMILES string of the molecule is c1ccc2c(c1)Cc1c-2cc2c3c1Cc1ccc4c(c1N3c1cnccc1C2)-c1ccccc1C4. The third kappa shape index (κ3) is 2.23. The molecule has 4 aromatic carbocycles. The van der Waals surface area contributed by atoms with Crippen LogP contribution in [0.1, 0.15) is 44.5 Å². The van der Waals surface area contributed by atoms with Gasteiger partial charge in [0.1, 0.15) is 0 Å². The summed E-state index contributed by atoms with van der Waals surface area (Å²) in [6, 6.07) is 27.4. The molecule has 2 aliphatic heterocycles. The number of rotatable bonds is 0. The molecule has 3 heterocycles. The van der Waals surface area contributed by atoms with Crippen LogP contribution in [0.3, 0.4) is 0 Å². The molecule has 5 aromatic rings. The minimum Gasteiger partial charge on any atom is -0.307 e. The molecule has 2 aliphatic carbocycles. The monoisotopic (exact) mass is 446 g/mol. The first-order chi connectivity index (χ1) is 17.3. The zero-order chi connectivity index (χ0) is 22.7. The van der Waals surface area contributed by atoms with Gasteiger partial charge < -0.3 is 4.90 Å².